The summed E-state index contributed by atoms with van der Waals surface area (Å²) in [7, 11) is 2.84. The van der Waals surface area contributed by atoms with Crippen LogP contribution in [-0.2, 0) is 14.3 Å². The Balaban J connectivity index is 1.71. The van der Waals surface area contributed by atoms with Crippen molar-refractivity contribution in [2.24, 2.45) is 10.2 Å². The monoisotopic (exact) mass is 411 g/mol. The zero-order valence-electron chi connectivity index (χ0n) is 15.6. The number of hydrogen-bond donors (Lipinski definition) is 1. The maximum atomic E-state index is 11.8. The lowest BCUT2D eigenvalue weighted by Gasteiger charge is -2.08. The summed E-state index contributed by atoms with van der Waals surface area (Å²) in [5.41, 5.74) is 0.701. The number of nitrogens with zero attached hydrogens (tertiary/aromatic N) is 2. The summed E-state index contributed by atoms with van der Waals surface area (Å²) in [6.07, 6.45) is 2.62. The first-order valence-electron chi connectivity index (χ1n) is 8.40. The van der Waals surface area contributed by atoms with Crippen molar-refractivity contribution in [3.63, 3.8) is 0 Å². The van der Waals surface area contributed by atoms with Crippen LogP contribution in [-0.4, -0.2) is 37.5 Å². The fraction of sp³-hybridized carbons (Fsp3) is 0.100. The highest BCUT2D eigenvalue weighted by Crippen LogP contribution is 2.26. The van der Waals surface area contributed by atoms with Crippen LogP contribution in [0.4, 0.5) is 0 Å². The molecule has 0 spiro atoms. The number of ether oxygens (including phenoxy) is 3. The van der Waals surface area contributed by atoms with Crippen LogP contribution in [0.15, 0.2) is 69.7 Å². The number of methoxy groups -OCH3 is 2. The summed E-state index contributed by atoms with van der Waals surface area (Å²) in [6.45, 7) is 0. The summed E-state index contributed by atoms with van der Waals surface area (Å²) in [4.78, 5) is 23.3. The van der Waals surface area contributed by atoms with Crippen LogP contribution in [0, 0.1) is 0 Å². The first-order chi connectivity index (χ1) is 14.1. The Morgan fingerprint density at radius 1 is 1.07 bits per heavy atom. The van der Waals surface area contributed by atoms with Crippen molar-refractivity contribution in [1.82, 2.24) is 5.32 Å². The Morgan fingerprint density at radius 3 is 2.52 bits per heavy atom. The van der Waals surface area contributed by atoms with E-state index < -0.39 is 11.9 Å². The van der Waals surface area contributed by atoms with E-state index in [1.165, 1.54) is 13.3 Å². The van der Waals surface area contributed by atoms with Crippen molar-refractivity contribution in [1.29, 1.82) is 0 Å². The first kappa shape index (κ1) is 20.2. The molecule has 2 aromatic rings. The SMILES string of the molecule is COC(=O)/C=C1/S/C(=N\N=Cc2ccccc2Oc2ccc(OC)cc2)NC1=O. The van der Waals surface area contributed by atoms with Crippen molar-refractivity contribution in [2.75, 3.05) is 14.2 Å². The third kappa shape index (κ3) is 5.45. The van der Waals surface area contributed by atoms with Crippen molar-refractivity contribution in [3.8, 4) is 17.2 Å². The van der Waals surface area contributed by atoms with Gasteiger partial charge in [-0.05, 0) is 48.2 Å². The van der Waals surface area contributed by atoms with Crippen LogP contribution < -0.4 is 14.8 Å². The average molecular weight is 411 g/mol. The summed E-state index contributed by atoms with van der Waals surface area (Å²) in [5.74, 6) is 0.930. The van der Waals surface area contributed by atoms with Gasteiger partial charge in [-0.25, -0.2) is 4.79 Å². The van der Waals surface area contributed by atoms with Crippen LogP contribution in [0.1, 0.15) is 5.56 Å². The lowest BCUT2D eigenvalue weighted by atomic mass is 10.2. The molecule has 29 heavy (non-hydrogen) atoms. The molecule has 148 valence electrons. The molecule has 1 heterocycles. The molecule has 0 aliphatic carbocycles. The largest absolute Gasteiger partial charge is 0.497 e. The van der Waals surface area contributed by atoms with Gasteiger partial charge in [-0.15, -0.1) is 5.10 Å². The first-order valence-corrected chi connectivity index (χ1v) is 9.21. The number of hydrogen-bond acceptors (Lipinski definition) is 8. The van der Waals surface area contributed by atoms with Gasteiger partial charge in [0.05, 0.1) is 25.3 Å². The smallest absolute Gasteiger partial charge is 0.331 e. The lowest BCUT2D eigenvalue weighted by molar-refractivity contribution is -0.135. The summed E-state index contributed by atoms with van der Waals surface area (Å²) < 4.78 is 15.5. The normalized spacial score (nSPS) is 16.3. The number of amidine groups is 1. The van der Waals surface area contributed by atoms with Gasteiger partial charge in [-0.3, -0.25) is 10.1 Å². The number of thioether (sulfide) groups is 1. The van der Waals surface area contributed by atoms with E-state index in [0.717, 1.165) is 23.6 Å². The van der Waals surface area contributed by atoms with Crippen LogP contribution in [0.5, 0.6) is 17.2 Å². The predicted molar refractivity (Wildman–Crippen MR) is 110 cm³/mol. The Morgan fingerprint density at radius 2 is 1.79 bits per heavy atom. The van der Waals surface area contributed by atoms with Gasteiger partial charge in [0.15, 0.2) is 5.17 Å². The number of amides is 1. The molecule has 0 saturated carbocycles. The molecule has 1 amide bonds. The highest BCUT2D eigenvalue weighted by Gasteiger charge is 2.25. The molecule has 2 aromatic carbocycles. The highest BCUT2D eigenvalue weighted by atomic mass is 32.2. The zero-order chi connectivity index (χ0) is 20.6. The Labute approximate surface area is 171 Å². The van der Waals surface area contributed by atoms with Crippen LogP contribution in [0.2, 0.25) is 0 Å². The molecule has 0 unspecified atom stereocenters. The molecule has 0 radical (unpaired) electrons. The zero-order valence-corrected chi connectivity index (χ0v) is 16.4. The minimum atomic E-state index is -0.614. The minimum absolute atomic E-state index is 0.189. The van der Waals surface area contributed by atoms with E-state index >= 15 is 0 Å². The van der Waals surface area contributed by atoms with Crippen LogP contribution in [0.25, 0.3) is 0 Å². The minimum Gasteiger partial charge on any atom is -0.497 e. The molecular weight excluding hydrogens is 394 g/mol. The highest BCUT2D eigenvalue weighted by molar-refractivity contribution is 8.18. The van der Waals surface area contributed by atoms with E-state index in [1.54, 1.807) is 31.4 Å². The Hall–Kier alpha value is -3.59. The van der Waals surface area contributed by atoms with E-state index in [9.17, 15) is 9.59 Å². The van der Waals surface area contributed by atoms with E-state index in [4.69, 9.17) is 9.47 Å². The lowest BCUT2D eigenvalue weighted by Crippen LogP contribution is -2.19. The van der Waals surface area contributed by atoms with Gasteiger partial charge in [0.25, 0.3) is 5.91 Å². The quantitative estimate of drug-likeness (QED) is 0.339. The van der Waals surface area contributed by atoms with E-state index in [1.807, 2.05) is 24.3 Å². The number of carbonyl (C=O) groups excluding carboxylic acids is 2. The summed E-state index contributed by atoms with van der Waals surface area (Å²) in [5, 5.41) is 10.8. The molecule has 8 nitrogen and oxygen atoms in total. The molecular formula is C20H17N3O5S. The number of para-hydroxylation sites is 1. The van der Waals surface area contributed by atoms with E-state index in [2.05, 4.69) is 20.3 Å². The number of nitrogens with one attached hydrogen (secondary N) is 1. The third-order valence-electron chi connectivity index (χ3n) is 3.65. The second kappa shape index (κ2) is 9.56. The third-order valence-corrected chi connectivity index (χ3v) is 4.55. The maximum Gasteiger partial charge on any atom is 0.331 e. The Bertz CT molecular complexity index is 999. The average Bonchev–Trinajstić information content (AvgIpc) is 3.08. The van der Waals surface area contributed by atoms with Gasteiger partial charge in [-0.1, -0.05) is 12.1 Å². The summed E-state index contributed by atoms with van der Waals surface area (Å²) in [6, 6.07) is 14.5. The maximum absolute atomic E-state index is 11.8. The second-order valence-corrected chi connectivity index (χ2v) is 6.58. The molecule has 0 atom stereocenters. The predicted octanol–water partition coefficient (Wildman–Crippen LogP) is 3.10. The molecule has 0 bridgehead atoms. The van der Waals surface area contributed by atoms with E-state index in [-0.39, 0.29) is 10.1 Å². The number of carbonyl (C=O) groups is 2. The number of benzene rings is 2. The van der Waals surface area contributed by atoms with Crippen molar-refractivity contribution in [2.45, 2.75) is 0 Å². The van der Waals surface area contributed by atoms with Crippen LogP contribution in [0.3, 0.4) is 0 Å². The van der Waals surface area contributed by atoms with Crippen LogP contribution >= 0.6 is 11.8 Å². The fourth-order valence-electron chi connectivity index (χ4n) is 2.24. The van der Waals surface area contributed by atoms with Crippen molar-refractivity contribution < 1.29 is 23.8 Å². The Kier molecular flexibility index (Phi) is 6.64. The molecule has 1 aliphatic heterocycles. The summed E-state index contributed by atoms with van der Waals surface area (Å²) >= 11 is 1.00. The molecule has 1 fully saturated rings. The van der Waals surface area contributed by atoms with Gasteiger partial charge in [0.1, 0.15) is 17.2 Å². The molecule has 9 heteroatoms. The van der Waals surface area contributed by atoms with Gasteiger partial charge < -0.3 is 14.2 Å². The van der Waals surface area contributed by atoms with E-state index in [0.29, 0.717) is 17.1 Å². The van der Waals surface area contributed by atoms with Gasteiger partial charge in [0, 0.05) is 11.6 Å². The number of esters is 1. The standard InChI is InChI=1S/C20H17N3O5S/c1-26-14-7-9-15(10-8-14)28-16-6-4-3-5-13(16)12-21-23-20-22-19(25)17(29-20)11-18(24)27-2/h3-12H,1-2H3,(H,22,23,25)/b17-11+,21-12?. The second-order valence-electron chi connectivity index (χ2n) is 5.55. The molecule has 1 N–H and O–H groups in total. The fourth-order valence-corrected chi connectivity index (χ4v) is 2.97. The van der Waals surface area contributed by atoms with Crippen molar-refractivity contribution >= 4 is 35.0 Å². The molecule has 3 rings (SSSR count). The van der Waals surface area contributed by atoms with Gasteiger partial charge in [-0.2, -0.15) is 5.10 Å². The number of rotatable bonds is 6. The van der Waals surface area contributed by atoms with Gasteiger partial charge >= 0.3 is 5.97 Å². The molecule has 1 saturated heterocycles. The topological polar surface area (TPSA) is 98.6 Å². The molecule has 1 aliphatic rings. The van der Waals surface area contributed by atoms with Crippen molar-refractivity contribution in [3.05, 3.63) is 65.1 Å². The van der Waals surface area contributed by atoms with Gasteiger partial charge in [0.2, 0.25) is 0 Å². The molecule has 0 aromatic heterocycles.